The quantitative estimate of drug-likeness (QED) is 0.940. The zero-order valence-electron chi connectivity index (χ0n) is 8.98. The molecule has 1 aromatic heterocycles. The number of ether oxygens (including phenoxy) is 1. The highest BCUT2D eigenvalue weighted by Gasteiger charge is 2.12. The van der Waals surface area contributed by atoms with Gasteiger partial charge in [0.15, 0.2) is 0 Å². The number of pyridine rings is 1. The number of nitrogens with zero attached hydrogens (tertiary/aromatic N) is 1. The fourth-order valence-corrected chi connectivity index (χ4v) is 2.25. The van der Waals surface area contributed by atoms with Crippen molar-refractivity contribution >= 4 is 26.8 Å². The number of aromatic nitrogens is 1. The molecule has 2 aromatic rings. The molecule has 0 aliphatic rings. The predicted molar refractivity (Wildman–Crippen MR) is 68.2 cm³/mol. The lowest BCUT2D eigenvalue weighted by atomic mass is 10.1. The Balaban J connectivity index is 2.49. The second-order valence-corrected chi connectivity index (χ2v) is 4.46. The maximum Gasteiger partial charge on any atom is 0.0744 e. The largest absolute Gasteiger partial charge is 0.383 e. The maximum absolute atomic E-state index is 5.98. The number of halogens is 1. The monoisotopic (exact) mass is 280 g/mol. The zero-order valence-corrected chi connectivity index (χ0v) is 10.6. The molecule has 0 bridgehead atoms. The number of hydrogen-bond acceptors (Lipinski definition) is 3. The number of fused-ring (bicyclic) bond motifs is 1. The molecule has 1 heterocycles. The number of benzene rings is 1. The van der Waals surface area contributed by atoms with E-state index < -0.39 is 0 Å². The fourth-order valence-electron chi connectivity index (χ4n) is 1.62. The molecule has 0 aliphatic carbocycles. The summed E-state index contributed by atoms with van der Waals surface area (Å²) in [6, 6.07) is 9.79. The number of nitrogens with two attached hydrogens (primary N) is 1. The van der Waals surface area contributed by atoms with Crippen LogP contribution in [-0.2, 0) is 4.74 Å². The summed E-state index contributed by atoms with van der Waals surface area (Å²) < 4.78 is 5.97. The van der Waals surface area contributed by atoms with E-state index in [1.807, 2.05) is 30.3 Å². The van der Waals surface area contributed by atoms with Gasteiger partial charge in [0.05, 0.1) is 23.9 Å². The normalized spacial score (nSPS) is 12.9. The Bertz CT molecular complexity index is 501. The predicted octanol–water partition coefficient (Wildman–Crippen LogP) is 2.64. The van der Waals surface area contributed by atoms with Crippen LogP contribution in [0.25, 0.3) is 10.9 Å². The molecule has 84 valence electrons. The van der Waals surface area contributed by atoms with E-state index in [1.165, 1.54) is 0 Å². The van der Waals surface area contributed by atoms with Crippen LogP contribution in [0.2, 0.25) is 0 Å². The molecule has 1 unspecified atom stereocenters. The summed E-state index contributed by atoms with van der Waals surface area (Å²) in [7, 11) is 1.63. The summed E-state index contributed by atoms with van der Waals surface area (Å²) >= 11 is 3.49. The third-order valence-electron chi connectivity index (χ3n) is 2.40. The van der Waals surface area contributed by atoms with Gasteiger partial charge in [-0.15, -0.1) is 0 Å². The van der Waals surface area contributed by atoms with E-state index in [1.54, 1.807) is 7.11 Å². The SMILES string of the molecule is COCC(N)c1nc2ccccc2cc1Br. The second-order valence-electron chi connectivity index (χ2n) is 3.61. The van der Waals surface area contributed by atoms with Crippen LogP contribution in [-0.4, -0.2) is 18.7 Å². The van der Waals surface area contributed by atoms with Crippen molar-refractivity contribution in [2.75, 3.05) is 13.7 Å². The van der Waals surface area contributed by atoms with Gasteiger partial charge in [0.25, 0.3) is 0 Å². The van der Waals surface area contributed by atoms with Crippen molar-refractivity contribution < 1.29 is 4.74 Å². The standard InChI is InChI=1S/C12H13BrN2O/c1-16-7-10(14)12-9(13)6-8-4-2-3-5-11(8)15-12/h2-6,10H,7,14H2,1H3. The van der Waals surface area contributed by atoms with Gasteiger partial charge in [-0.05, 0) is 28.1 Å². The highest BCUT2D eigenvalue weighted by molar-refractivity contribution is 9.10. The molecular formula is C12H13BrN2O. The molecule has 0 amide bonds. The molecule has 2 N–H and O–H groups in total. The Hall–Kier alpha value is -0.970. The van der Waals surface area contributed by atoms with Gasteiger partial charge in [0.2, 0.25) is 0 Å². The number of methoxy groups -OCH3 is 1. The van der Waals surface area contributed by atoms with Gasteiger partial charge in [-0.3, -0.25) is 0 Å². The van der Waals surface area contributed by atoms with Gasteiger partial charge in [-0.25, -0.2) is 4.98 Å². The van der Waals surface area contributed by atoms with E-state index in [0.29, 0.717) is 6.61 Å². The summed E-state index contributed by atoms with van der Waals surface area (Å²) in [5.74, 6) is 0. The molecular weight excluding hydrogens is 268 g/mol. The molecule has 0 radical (unpaired) electrons. The average Bonchev–Trinajstić information content (AvgIpc) is 2.28. The molecule has 0 aliphatic heterocycles. The Morgan fingerprint density at radius 3 is 2.94 bits per heavy atom. The lowest BCUT2D eigenvalue weighted by molar-refractivity contribution is 0.179. The highest BCUT2D eigenvalue weighted by atomic mass is 79.9. The minimum absolute atomic E-state index is 0.205. The number of para-hydroxylation sites is 1. The first-order valence-corrected chi connectivity index (χ1v) is 5.81. The Kier molecular flexibility index (Phi) is 3.53. The zero-order chi connectivity index (χ0) is 11.5. The van der Waals surface area contributed by atoms with Gasteiger partial charge < -0.3 is 10.5 Å². The van der Waals surface area contributed by atoms with E-state index >= 15 is 0 Å². The third-order valence-corrected chi connectivity index (χ3v) is 3.04. The molecule has 0 fully saturated rings. The minimum Gasteiger partial charge on any atom is -0.383 e. The lowest BCUT2D eigenvalue weighted by Gasteiger charge is -2.12. The van der Waals surface area contributed by atoms with E-state index in [9.17, 15) is 0 Å². The van der Waals surface area contributed by atoms with E-state index in [-0.39, 0.29) is 6.04 Å². The van der Waals surface area contributed by atoms with Crippen LogP contribution in [0, 0.1) is 0 Å². The van der Waals surface area contributed by atoms with Crippen LogP contribution in [0.3, 0.4) is 0 Å². The van der Waals surface area contributed by atoms with Crippen molar-refractivity contribution in [1.82, 2.24) is 4.98 Å². The van der Waals surface area contributed by atoms with Crippen molar-refractivity contribution in [2.24, 2.45) is 5.73 Å². The molecule has 1 aromatic carbocycles. The number of rotatable bonds is 3. The van der Waals surface area contributed by atoms with Gasteiger partial charge in [-0.1, -0.05) is 18.2 Å². The summed E-state index contributed by atoms with van der Waals surface area (Å²) in [5, 5.41) is 1.10. The second kappa shape index (κ2) is 4.91. The first-order chi connectivity index (χ1) is 7.72. The summed E-state index contributed by atoms with van der Waals surface area (Å²) in [5.41, 5.74) is 7.76. The molecule has 0 saturated heterocycles. The third kappa shape index (κ3) is 2.24. The van der Waals surface area contributed by atoms with Crippen LogP contribution in [0.15, 0.2) is 34.8 Å². The summed E-state index contributed by atoms with van der Waals surface area (Å²) in [6.45, 7) is 0.462. The van der Waals surface area contributed by atoms with Gasteiger partial charge in [-0.2, -0.15) is 0 Å². The van der Waals surface area contributed by atoms with Crippen molar-refractivity contribution in [3.63, 3.8) is 0 Å². The molecule has 0 spiro atoms. The van der Waals surface area contributed by atoms with Crippen LogP contribution in [0.5, 0.6) is 0 Å². The topological polar surface area (TPSA) is 48.1 Å². The minimum atomic E-state index is -0.205. The van der Waals surface area contributed by atoms with E-state index in [2.05, 4.69) is 20.9 Å². The van der Waals surface area contributed by atoms with Crippen LogP contribution < -0.4 is 5.73 Å². The average molecular weight is 281 g/mol. The van der Waals surface area contributed by atoms with Gasteiger partial charge >= 0.3 is 0 Å². The van der Waals surface area contributed by atoms with Crippen molar-refractivity contribution in [2.45, 2.75) is 6.04 Å². The lowest BCUT2D eigenvalue weighted by Crippen LogP contribution is -2.18. The Morgan fingerprint density at radius 1 is 1.44 bits per heavy atom. The van der Waals surface area contributed by atoms with Crippen LogP contribution >= 0.6 is 15.9 Å². The molecule has 1 atom stereocenters. The summed E-state index contributed by atoms with van der Waals surface area (Å²) in [6.07, 6.45) is 0. The molecule has 3 nitrogen and oxygen atoms in total. The Labute approximate surface area is 103 Å². The smallest absolute Gasteiger partial charge is 0.0744 e. The van der Waals surface area contributed by atoms with Gasteiger partial charge in [0, 0.05) is 17.0 Å². The highest BCUT2D eigenvalue weighted by Crippen LogP contribution is 2.24. The molecule has 2 rings (SSSR count). The van der Waals surface area contributed by atoms with Gasteiger partial charge in [0.1, 0.15) is 0 Å². The van der Waals surface area contributed by atoms with Crippen molar-refractivity contribution in [3.05, 3.63) is 40.5 Å². The first-order valence-electron chi connectivity index (χ1n) is 5.02. The maximum atomic E-state index is 5.98. The Morgan fingerprint density at radius 2 is 2.19 bits per heavy atom. The van der Waals surface area contributed by atoms with E-state index in [0.717, 1.165) is 21.1 Å². The first kappa shape index (κ1) is 11.5. The van der Waals surface area contributed by atoms with Crippen LogP contribution in [0.4, 0.5) is 0 Å². The summed E-state index contributed by atoms with van der Waals surface area (Å²) in [4.78, 5) is 4.54. The van der Waals surface area contributed by atoms with Crippen LogP contribution in [0.1, 0.15) is 11.7 Å². The van der Waals surface area contributed by atoms with Crippen molar-refractivity contribution in [1.29, 1.82) is 0 Å². The molecule has 16 heavy (non-hydrogen) atoms. The molecule has 4 heteroatoms. The number of hydrogen-bond donors (Lipinski definition) is 1. The van der Waals surface area contributed by atoms with Crippen molar-refractivity contribution in [3.8, 4) is 0 Å². The molecule has 0 saturated carbocycles. The fraction of sp³-hybridized carbons (Fsp3) is 0.250. The van der Waals surface area contributed by atoms with E-state index in [4.69, 9.17) is 10.5 Å².